The highest BCUT2D eigenvalue weighted by Gasteiger charge is 2.09. The van der Waals surface area contributed by atoms with Crippen molar-refractivity contribution in [1.82, 2.24) is 0 Å². The monoisotopic (exact) mass is 305 g/mol. The molecule has 0 fully saturated rings. The highest BCUT2D eigenvalue weighted by atomic mass is 79.9. The lowest BCUT2D eigenvalue weighted by Crippen LogP contribution is -2.11. The Labute approximate surface area is 116 Å². The molecule has 0 aliphatic heterocycles. The average Bonchev–Trinajstić information content (AvgIpc) is 2.39. The zero-order chi connectivity index (χ0) is 13.0. The van der Waals surface area contributed by atoms with Gasteiger partial charge in [0.25, 0.3) is 0 Å². The van der Waals surface area contributed by atoms with E-state index in [1.807, 2.05) is 55.5 Å². The van der Waals surface area contributed by atoms with Crippen molar-refractivity contribution in [3.05, 3.63) is 64.1 Å². The normalized spacial score (nSPS) is 12.2. The summed E-state index contributed by atoms with van der Waals surface area (Å²) in [5.41, 5.74) is 8.42. The maximum absolute atomic E-state index is 6.25. The predicted molar refractivity (Wildman–Crippen MR) is 77.8 cm³/mol. The van der Waals surface area contributed by atoms with Gasteiger partial charge in [-0.1, -0.05) is 40.2 Å². The molecule has 0 aromatic heterocycles. The van der Waals surface area contributed by atoms with Crippen LogP contribution < -0.4 is 10.5 Å². The fraction of sp³-hybridized carbons (Fsp3) is 0.200. The molecule has 0 radical (unpaired) electrons. The zero-order valence-corrected chi connectivity index (χ0v) is 11.9. The number of halogens is 1. The molecule has 18 heavy (non-hydrogen) atoms. The summed E-state index contributed by atoms with van der Waals surface area (Å²) in [6.45, 7) is 2.65. The van der Waals surface area contributed by atoms with Gasteiger partial charge in [-0.15, -0.1) is 0 Å². The summed E-state index contributed by atoms with van der Waals surface area (Å²) in [5, 5.41) is 0. The molecular weight excluding hydrogens is 290 g/mol. The Morgan fingerprint density at radius 3 is 2.44 bits per heavy atom. The van der Waals surface area contributed by atoms with Crippen LogP contribution in [0, 0.1) is 0 Å². The second-order valence-electron chi connectivity index (χ2n) is 4.03. The summed E-state index contributed by atoms with van der Waals surface area (Å²) in [7, 11) is 0. The minimum absolute atomic E-state index is 0.113. The summed E-state index contributed by atoms with van der Waals surface area (Å²) in [6, 6.07) is 15.9. The minimum Gasteiger partial charge on any atom is -0.494 e. The van der Waals surface area contributed by atoms with Crippen LogP contribution in [0.15, 0.2) is 53.0 Å². The van der Waals surface area contributed by atoms with Crippen LogP contribution in [0.5, 0.6) is 5.75 Å². The predicted octanol–water partition coefficient (Wildman–Crippen LogP) is 3.90. The van der Waals surface area contributed by atoms with E-state index in [0.717, 1.165) is 21.3 Å². The fourth-order valence-electron chi connectivity index (χ4n) is 1.83. The molecule has 94 valence electrons. The lowest BCUT2D eigenvalue weighted by atomic mass is 10.00. The van der Waals surface area contributed by atoms with Gasteiger partial charge in [0.05, 0.1) is 12.6 Å². The first kappa shape index (κ1) is 13.1. The van der Waals surface area contributed by atoms with E-state index in [9.17, 15) is 0 Å². The van der Waals surface area contributed by atoms with Gasteiger partial charge in [-0.3, -0.25) is 0 Å². The molecule has 1 unspecified atom stereocenters. The molecule has 2 rings (SSSR count). The molecule has 2 aromatic carbocycles. The highest BCUT2D eigenvalue weighted by molar-refractivity contribution is 9.10. The Balaban J connectivity index is 2.20. The molecule has 0 aliphatic carbocycles. The van der Waals surface area contributed by atoms with Crippen molar-refractivity contribution in [3.8, 4) is 5.75 Å². The molecule has 0 saturated heterocycles. The molecule has 1 atom stereocenters. The van der Waals surface area contributed by atoms with Crippen LogP contribution in [0.3, 0.4) is 0 Å². The lowest BCUT2D eigenvalue weighted by molar-refractivity contribution is 0.340. The maximum Gasteiger partial charge on any atom is 0.119 e. The van der Waals surface area contributed by atoms with Crippen molar-refractivity contribution in [2.45, 2.75) is 13.0 Å². The molecule has 0 bridgehead atoms. The third kappa shape index (κ3) is 3.12. The molecule has 2 aromatic rings. The highest BCUT2D eigenvalue weighted by Crippen LogP contribution is 2.24. The SMILES string of the molecule is CCOc1ccc(C(N)c2cccc(Br)c2)cc1. The summed E-state index contributed by atoms with van der Waals surface area (Å²) >= 11 is 3.46. The average molecular weight is 306 g/mol. The molecule has 0 spiro atoms. The molecule has 0 saturated carbocycles. The first-order valence-electron chi connectivity index (χ1n) is 5.94. The standard InChI is InChI=1S/C15H16BrNO/c1-2-18-14-8-6-11(7-9-14)15(17)12-4-3-5-13(16)10-12/h3-10,15H,2,17H2,1H3. The number of nitrogens with two attached hydrogens (primary N) is 1. The van der Waals surface area contributed by atoms with Crippen LogP contribution in [0.2, 0.25) is 0 Å². The van der Waals surface area contributed by atoms with E-state index in [-0.39, 0.29) is 6.04 Å². The van der Waals surface area contributed by atoms with Gasteiger partial charge in [-0.2, -0.15) is 0 Å². The van der Waals surface area contributed by atoms with Crippen molar-refractivity contribution >= 4 is 15.9 Å². The van der Waals surface area contributed by atoms with E-state index < -0.39 is 0 Å². The Kier molecular flexibility index (Phi) is 4.39. The molecule has 0 heterocycles. The van der Waals surface area contributed by atoms with Crippen molar-refractivity contribution in [2.75, 3.05) is 6.61 Å². The Bertz CT molecular complexity index is 510. The fourth-order valence-corrected chi connectivity index (χ4v) is 2.25. The molecule has 2 nitrogen and oxygen atoms in total. The number of hydrogen-bond acceptors (Lipinski definition) is 2. The van der Waals surface area contributed by atoms with Gasteiger partial charge in [0, 0.05) is 4.47 Å². The van der Waals surface area contributed by atoms with Crippen molar-refractivity contribution in [3.63, 3.8) is 0 Å². The summed E-state index contributed by atoms with van der Waals surface area (Å²) in [6.07, 6.45) is 0. The van der Waals surface area contributed by atoms with Crippen molar-refractivity contribution in [1.29, 1.82) is 0 Å². The van der Waals surface area contributed by atoms with Crippen LogP contribution in [0.25, 0.3) is 0 Å². The van der Waals surface area contributed by atoms with E-state index >= 15 is 0 Å². The smallest absolute Gasteiger partial charge is 0.119 e. The lowest BCUT2D eigenvalue weighted by Gasteiger charge is -2.13. The third-order valence-electron chi connectivity index (χ3n) is 2.76. The van der Waals surface area contributed by atoms with Gasteiger partial charge in [-0.25, -0.2) is 0 Å². The van der Waals surface area contributed by atoms with Crippen LogP contribution in [-0.2, 0) is 0 Å². The summed E-state index contributed by atoms with van der Waals surface area (Å²) < 4.78 is 6.46. The first-order valence-corrected chi connectivity index (χ1v) is 6.74. The molecule has 2 N–H and O–H groups in total. The topological polar surface area (TPSA) is 35.2 Å². The third-order valence-corrected chi connectivity index (χ3v) is 3.25. The van der Waals surface area contributed by atoms with Gasteiger partial charge in [-0.05, 0) is 42.3 Å². The van der Waals surface area contributed by atoms with E-state index in [1.165, 1.54) is 0 Å². The zero-order valence-electron chi connectivity index (χ0n) is 10.3. The minimum atomic E-state index is -0.113. The van der Waals surface area contributed by atoms with Crippen molar-refractivity contribution < 1.29 is 4.74 Å². The van der Waals surface area contributed by atoms with Gasteiger partial charge >= 0.3 is 0 Å². The van der Waals surface area contributed by atoms with Gasteiger partial charge in [0.1, 0.15) is 5.75 Å². The van der Waals surface area contributed by atoms with Crippen molar-refractivity contribution in [2.24, 2.45) is 5.73 Å². The second kappa shape index (κ2) is 6.03. The summed E-state index contributed by atoms with van der Waals surface area (Å²) in [5.74, 6) is 0.877. The Morgan fingerprint density at radius 1 is 1.11 bits per heavy atom. The van der Waals surface area contributed by atoms with Gasteiger partial charge < -0.3 is 10.5 Å². The van der Waals surface area contributed by atoms with Gasteiger partial charge in [0.15, 0.2) is 0 Å². The summed E-state index contributed by atoms with van der Waals surface area (Å²) in [4.78, 5) is 0. The molecule has 3 heteroatoms. The molecule has 0 aliphatic rings. The number of benzene rings is 2. The van der Waals surface area contributed by atoms with Crippen LogP contribution in [0.4, 0.5) is 0 Å². The molecule has 0 amide bonds. The van der Waals surface area contributed by atoms with Crippen LogP contribution >= 0.6 is 15.9 Å². The Hall–Kier alpha value is -1.32. The first-order chi connectivity index (χ1) is 8.70. The van der Waals surface area contributed by atoms with Crippen LogP contribution in [0.1, 0.15) is 24.1 Å². The van der Waals surface area contributed by atoms with E-state index in [4.69, 9.17) is 10.5 Å². The van der Waals surface area contributed by atoms with Gasteiger partial charge in [0.2, 0.25) is 0 Å². The van der Waals surface area contributed by atoms with E-state index in [1.54, 1.807) is 0 Å². The number of hydrogen-bond donors (Lipinski definition) is 1. The number of ether oxygens (including phenoxy) is 1. The number of rotatable bonds is 4. The maximum atomic E-state index is 6.25. The second-order valence-corrected chi connectivity index (χ2v) is 4.95. The van der Waals surface area contributed by atoms with Crippen LogP contribution in [-0.4, -0.2) is 6.61 Å². The molecular formula is C15H16BrNO. The Morgan fingerprint density at radius 2 is 1.83 bits per heavy atom. The van der Waals surface area contributed by atoms with E-state index in [0.29, 0.717) is 6.61 Å². The van der Waals surface area contributed by atoms with E-state index in [2.05, 4.69) is 15.9 Å². The largest absolute Gasteiger partial charge is 0.494 e. The quantitative estimate of drug-likeness (QED) is 0.930.